The number of amides is 1. The van der Waals surface area contributed by atoms with Crippen LogP contribution in [0.15, 0.2) is 60.8 Å². The Hall–Kier alpha value is -2.79. The first kappa shape index (κ1) is 16.1. The third-order valence-corrected chi connectivity index (χ3v) is 3.58. The molecule has 0 aliphatic carbocycles. The van der Waals surface area contributed by atoms with Crippen LogP contribution in [0.3, 0.4) is 0 Å². The maximum atomic E-state index is 12.2. The van der Waals surface area contributed by atoms with Gasteiger partial charge in [-0.1, -0.05) is 23.7 Å². The van der Waals surface area contributed by atoms with Crippen molar-refractivity contribution in [2.75, 3.05) is 5.32 Å². The van der Waals surface area contributed by atoms with E-state index in [-0.39, 0.29) is 12.6 Å². The highest BCUT2D eigenvalue weighted by atomic mass is 35.5. The molecule has 3 aromatic rings. The summed E-state index contributed by atoms with van der Waals surface area (Å²) < 4.78 is 7.14. The zero-order valence-electron chi connectivity index (χ0n) is 13.1. The summed E-state index contributed by atoms with van der Waals surface area (Å²) in [5.41, 5.74) is 2.15. The van der Waals surface area contributed by atoms with Gasteiger partial charge in [0.15, 0.2) is 12.4 Å². The van der Waals surface area contributed by atoms with Crippen molar-refractivity contribution in [1.29, 1.82) is 0 Å². The quantitative estimate of drug-likeness (QED) is 0.759. The number of halogens is 1. The molecule has 1 amide bonds. The number of nitrogens with one attached hydrogen (secondary N) is 1. The summed E-state index contributed by atoms with van der Waals surface area (Å²) in [5, 5.41) is 7.69. The van der Waals surface area contributed by atoms with Gasteiger partial charge in [-0.15, -0.1) is 0 Å². The second-order valence-corrected chi connectivity index (χ2v) is 5.73. The number of nitrogens with zero attached hydrogens (tertiary/aromatic N) is 2. The molecule has 0 atom stereocenters. The van der Waals surface area contributed by atoms with Crippen LogP contribution >= 0.6 is 11.6 Å². The first-order valence-corrected chi connectivity index (χ1v) is 7.78. The first-order valence-electron chi connectivity index (χ1n) is 7.40. The van der Waals surface area contributed by atoms with Crippen LogP contribution in [0.5, 0.6) is 5.75 Å². The third-order valence-electron chi connectivity index (χ3n) is 3.33. The molecule has 0 fully saturated rings. The number of hydrogen-bond acceptors (Lipinski definition) is 3. The molecule has 2 aromatic carbocycles. The van der Waals surface area contributed by atoms with Crippen molar-refractivity contribution in [2.24, 2.45) is 0 Å². The monoisotopic (exact) mass is 341 g/mol. The molecule has 6 heteroatoms. The Kier molecular flexibility index (Phi) is 4.82. The zero-order valence-corrected chi connectivity index (χ0v) is 13.8. The van der Waals surface area contributed by atoms with Gasteiger partial charge in [0.05, 0.1) is 0 Å². The summed E-state index contributed by atoms with van der Waals surface area (Å²) in [6.45, 7) is 2.18. The van der Waals surface area contributed by atoms with Crippen molar-refractivity contribution < 1.29 is 9.53 Å². The smallest absolute Gasteiger partial charge is 0.276 e. The Balaban J connectivity index is 1.60. The van der Waals surface area contributed by atoms with E-state index in [1.165, 1.54) is 0 Å². The summed E-state index contributed by atoms with van der Waals surface area (Å²) in [4.78, 5) is 12.2. The van der Waals surface area contributed by atoms with Gasteiger partial charge in [-0.3, -0.25) is 4.79 Å². The van der Waals surface area contributed by atoms with Gasteiger partial charge in [0.1, 0.15) is 5.75 Å². The molecule has 0 spiro atoms. The second-order valence-electron chi connectivity index (χ2n) is 5.29. The first-order chi connectivity index (χ1) is 11.6. The summed E-state index contributed by atoms with van der Waals surface area (Å²) in [5.74, 6) is 0.423. The number of aryl methyl sites for hydroxylation is 1. The summed E-state index contributed by atoms with van der Waals surface area (Å²) >= 11 is 5.83. The predicted octanol–water partition coefficient (Wildman–Crippen LogP) is 4.13. The van der Waals surface area contributed by atoms with E-state index >= 15 is 0 Å². The SMILES string of the molecule is Cc1cccc(NC(=O)c2ccn(COc3ccc(Cl)cc3)n2)c1. The van der Waals surface area contributed by atoms with Gasteiger partial charge >= 0.3 is 0 Å². The lowest BCUT2D eigenvalue weighted by Gasteiger charge is -2.06. The number of carbonyl (C=O) groups excluding carboxylic acids is 1. The highest BCUT2D eigenvalue weighted by Crippen LogP contribution is 2.16. The molecule has 0 radical (unpaired) electrons. The van der Waals surface area contributed by atoms with Crippen molar-refractivity contribution in [3.63, 3.8) is 0 Å². The number of anilines is 1. The van der Waals surface area contributed by atoms with Crippen LogP contribution in [-0.2, 0) is 6.73 Å². The molecule has 122 valence electrons. The lowest BCUT2D eigenvalue weighted by Crippen LogP contribution is -2.14. The minimum Gasteiger partial charge on any atom is -0.471 e. The average molecular weight is 342 g/mol. The average Bonchev–Trinajstić information content (AvgIpc) is 3.03. The number of benzene rings is 2. The number of hydrogen-bond donors (Lipinski definition) is 1. The van der Waals surface area contributed by atoms with Crippen molar-refractivity contribution in [3.8, 4) is 5.75 Å². The van der Waals surface area contributed by atoms with Gasteiger partial charge < -0.3 is 10.1 Å². The van der Waals surface area contributed by atoms with E-state index in [2.05, 4.69) is 10.4 Å². The molecule has 0 saturated heterocycles. The van der Waals surface area contributed by atoms with E-state index in [0.29, 0.717) is 16.5 Å². The Bertz CT molecular complexity index is 843. The maximum absolute atomic E-state index is 12.2. The van der Waals surface area contributed by atoms with Gasteiger partial charge in [-0.2, -0.15) is 5.10 Å². The molecule has 5 nitrogen and oxygen atoms in total. The molecule has 24 heavy (non-hydrogen) atoms. The molecule has 1 aromatic heterocycles. The van der Waals surface area contributed by atoms with E-state index in [4.69, 9.17) is 16.3 Å². The molecule has 1 N–H and O–H groups in total. The standard InChI is InChI=1S/C18H16ClN3O2/c1-13-3-2-4-15(11-13)20-18(23)17-9-10-22(21-17)12-24-16-7-5-14(19)6-8-16/h2-11H,12H2,1H3,(H,20,23). The van der Waals surface area contributed by atoms with E-state index in [9.17, 15) is 4.79 Å². The molecule has 0 bridgehead atoms. The number of ether oxygens (including phenoxy) is 1. The summed E-state index contributed by atoms with van der Waals surface area (Å²) in [7, 11) is 0. The third kappa shape index (κ3) is 4.14. The van der Waals surface area contributed by atoms with Gasteiger partial charge in [-0.25, -0.2) is 4.68 Å². The van der Waals surface area contributed by atoms with Crippen LogP contribution in [0, 0.1) is 6.92 Å². The lowest BCUT2D eigenvalue weighted by atomic mass is 10.2. The fourth-order valence-corrected chi connectivity index (χ4v) is 2.27. The highest BCUT2D eigenvalue weighted by molar-refractivity contribution is 6.30. The van der Waals surface area contributed by atoms with Crippen LogP contribution in [0.25, 0.3) is 0 Å². The van der Waals surface area contributed by atoms with Crippen LogP contribution in [0.4, 0.5) is 5.69 Å². The van der Waals surface area contributed by atoms with Crippen LogP contribution in [0.2, 0.25) is 5.02 Å². The van der Waals surface area contributed by atoms with E-state index < -0.39 is 0 Å². The number of aromatic nitrogens is 2. The van der Waals surface area contributed by atoms with Crippen molar-refractivity contribution in [3.05, 3.63) is 77.1 Å². The van der Waals surface area contributed by atoms with Gasteiger partial charge in [-0.05, 0) is 55.0 Å². The van der Waals surface area contributed by atoms with Crippen LogP contribution in [0.1, 0.15) is 16.1 Å². The molecule has 0 saturated carbocycles. The van der Waals surface area contributed by atoms with Gasteiger partial charge in [0, 0.05) is 16.9 Å². The zero-order chi connectivity index (χ0) is 16.9. The summed E-state index contributed by atoms with van der Waals surface area (Å²) in [6, 6.07) is 16.3. The minimum absolute atomic E-state index is 0.208. The second kappa shape index (κ2) is 7.19. The number of carbonyl (C=O) groups is 1. The Morgan fingerprint density at radius 3 is 2.75 bits per heavy atom. The maximum Gasteiger partial charge on any atom is 0.276 e. The Labute approximate surface area is 144 Å². The fourth-order valence-electron chi connectivity index (χ4n) is 2.14. The molecule has 1 heterocycles. The Morgan fingerprint density at radius 1 is 1.21 bits per heavy atom. The highest BCUT2D eigenvalue weighted by Gasteiger charge is 2.10. The van der Waals surface area contributed by atoms with Crippen molar-refractivity contribution >= 4 is 23.2 Å². The lowest BCUT2D eigenvalue weighted by molar-refractivity contribution is 0.102. The molecule has 0 unspecified atom stereocenters. The van der Waals surface area contributed by atoms with Crippen molar-refractivity contribution in [2.45, 2.75) is 13.7 Å². The molecule has 0 aliphatic rings. The molecular formula is C18H16ClN3O2. The molecule has 0 aliphatic heterocycles. The number of rotatable bonds is 5. The normalized spacial score (nSPS) is 10.4. The van der Waals surface area contributed by atoms with E-state index in [0.717, 1.165) is 11.3 Å². The van der Waals surface area contributed by atoms with E-state index in [1.54, 1.807) is 41.2 Å². The van der Waals surface area contributed by atoms with Gasteiger partial charge in [0.25, 0.3) is 5.91 Å². The fraction of sp³-hybridized carbons (Fsp3) is 0.111. The topological polar surface area (TPSA) is 56.2 Å². The van der Waals surface area contributed by atoms with Crippen LogP contribution < -0.4 is 10.1 Å². The molecular weight excluding hydrogens is 326 g/mol. The largest absolute Gasteiger partial charge is 0.471 e. The van der Waals surface area contributed by atoms with E-state index in [1.807, 2.05) is 31.2 Å². The van der Waals surface area contributed by atoms with Crippen LogP contribution in [-0.4, -0.2) is 15.7 Å². The van der Waals surface area contributed by atoms with Crippen molar-refractivity contribution in [1.82, 2.24) is 9.78 Å². The summed E-state index contributed by atoms with van der Waals surface area (Å²) in [6.07, 6.45) is 1.70. The minimum atomic E-state index is -0.258. The Morgan fingerprint density at radius 2 is 2.00 bits per heavy atom. The molecule has 3 rings (SSSR count). The predicted molar refractivity (Wildman–Crippen MR) is 93.4 cm³/mol. The van der Waals surface area contributed by atoms with Gasteiger partial charge in [0.2, 0.25) is 0 Å².